The molecule has 0 saturated carbocycles. The van der Waals surface area contributed by atoms with Gasteiger partial charge in [0.1, 0.15) is 0 Å². The molecule has 0 fully saturated rings. The molecule has 4 nitrogen and oxygen atoms in total. The van der Waals surface area contributed by atoms with Crippen LogP contribution in [0.5, 0.6) is 0 Å². The predicted octanol–water partition coefficient (Wildman–Crippen LogP) is 2.00. The second-order valence-corrected chi connectivity index (χ2v) is 4.55. The fourth-order valence-corrected chi connectivity index (χ4v) is 1.64. The number of nitrogens with one attached hydrogen (secondary N) is 1. The average Bonchev–Trinajstić information content (AvgIpc) is 2.35. The molecule has 0 radical (unpaired) electrons. The van der Waals surface area contributed by atoms with Gasteiger partial charge < -0.3 is 15.8 Å². The summed E-state index contributed by atoms with van der Waals surface area (Å²) in [6.45, 7) is 3.04. The Balaban J connectivity index is 0.00000324. The van der Waals surface area contributed by atoms with E-state index in [0.29, 0.717) is 19.6 Å². The number of halogens is 1. The summed E-state index contributed by atoms with van der Waals surface area (Å²) >= 11 is 0. The Kier molecular flexibility index (Phi) is 9.21. The number of amides is 1. The van der Waals surface area contributed by atoms with Crippen molar-refractivity contribution in [2.45, 2.75) is 39.0 Å². The lowest BCUT2D eigenvalue weighted by Crippen LogP contribution is -2.25. The topological polar surface area (TPSA) is 64.3 Å². The lowest BCUT2D eigenvalue weighted by molar-refractivity contribution is -0.121. The molecule has 0 heterocycles. The number of nitrogens with two attached hydrogens (primary N) is 1. The van der Waals surface area contributed by atoms with Gasteiger partial charge in [0.2, 0.25) is 5.91 Å². The first kappa shape index (κ1) is 17.9. The van der Waals surface area contributed by atoms with Crippen LogP contribution in [0.4, 0.5) is 0 Å². The van der Waals surface area contributed by atoms with Gasteiger partial charge in [0, 0.05) is 26.1 Å². The van der Waals surface area contributed by atoms with E-state index in [2.05, 4.69) is 5.32 Å². The maximum Gasteiger partial charge on any atom is 0.220 e. The maximum absolute atomic E-state index is 11.5. The van der Waals surface area contributed by atoms with Crippen molar-refractivity contribution in [3.8, 4) is 0 Å². The Labute approximate surface area is 121 Å². The molecule has 0 aliphatic carbocycles. The van der Waals surface area contributed by atoms with Gasteiger partial charge in [-0.05, 0) is 24.5 Å². The van der Waals surface area contributed by atoms with Crippen LogP contribution in [-0.2, 0) is 22.7 Å². The number of hydrogen-bond donors (Lipinski definition) is 2. The average molecular weight is 287 g/mol. The molecule has 0 saturated heterocycles. The Morgan fingerprint density at radius 1 is 1.42 bits per heavy atom. The van der Waals surface area contributed by atoms with E-state index in [1.807, 2.05) is 31.2 Å². The first-order valence-electron chi connectivity index (χ1n) is 6.21. The third kappa shape index (κ3) is 7.82. The van der Waals surface area contributed by atoms with Gasteiger partial charge in [-0.25, -0.2) is 0 Å². The quantitative estimate of drug-likeness (QED) is 0.806. The second-order valence-electron chi connectivity index (χ2n) is 4.55. The molecule has 1 unspecified atom stereocenters. The van der Waals surface area contributed by atoms with E-state index in [0.717, 1.165) is 17.5 Å². The molecule has 1 rings (SSSR count). The molecule has 1 amide bonds. The molecule has 0 aromatic heterocycles. The number of hydrogen-bond acceptors (Lipinski definition) is 3. The summed E-state index contributed by atoms with van der Waals surface area (Å²) in [5, 5.41) is 2.89. The van der Waals surface area contributed by atoms with Gasteiger partial charge in [-0.2, -0.15) is 0 Å². The van der Waals surface area contributed by atoms with Crippen molar-refractivity contribution in [3.05, 3.63) is 35.4 Å². The second kappa shape index (κ2) is 9.78. The van der Waals surface area contributed by atoms with Gasteiger partial charge in [0.15, 0.2) is 0 Å². The summed E-state index contributed by atoms with van der Waals surface area (Å²) in [4.78, 5) is 11.5. The minimum atomic E-state index is 0. The molecule has 0 aliphatic rings. The summed E-state index contributed by atoms with van der Waals surface area (Å²) in [5.74, 6) is 0.0458. The standard InChI is InChI=1S/C14H22N2O2.ClH/c1-11(15)6-7-14(17)16-9-12-4-3-5-13(8-12)10-18-2;/h3-5,8,11H,6-7,9-10,15H2,1-2H3,(H,16,17);1H. The monoisotopic (exact) mass is 286 g/mol. The molecule has 0 bridgehead atoms. The molecule has 19 heavy (non-hydrogen) atoms. The van der Waals surface area contributed by atoms with Crippen molar-refractivity contribution in [3.63, 3.8) is 0 Å². The lowest BCUT2D eigenvalue weighted by atomic mass is 10.1. The fraction of sp³-hybridized carbons (Fsp3) is 0.500. The summed E-state index contributed by atoms with van der Waals surface area (Å²) in [6.07, 6.45) is 1.20. The van der Waals surface area contributed by atoms with Crippen molar-refractivity contribution < 1.29 is 9.53 Å². The number of ether oxygens (including phenoxy) is 1. The van der Waals surface area contributed by atoms with Gasteiger partial charge in [-0.15, -0.1) is 12.4 Å². The Morgan fingerprint density at radius 2 is 2.11 bits per heavy atom. The first-order chi connectivity index (χ1) is 8.61. The fourth-order valence-electron chi connectivity index (χ4n) is 1.64. The normalized spacial score (nSPS) is 11.5. The van der Waals surface area contributed by atoms with Crippen LogP contribution in [-0.4, -0.2) is 19.1 Å². The zero-order valence-electron chi connectivity index (χ0n) is 11.5. The molecule has 1 atom stereocenters. The number of rotatable bonds is 7. The summed E-state index contributed by atoms with van der Waals surface area (Å²) in [5.41, 5.74) is 7.80. The minimum absolute atomic E-state index is 0. The predicted molar refractivity (Wildman–Crippen MR) is 79.1 cm³/mol. The van der Waals surface area contributed by atoms with Crippen LogP contribution in [0, 0.1) is 0 Å². The Hall–Kier alpha value is -1.10. The SMILES string of the molecule is COCc1cccc(CNC(=O)CCC(C)N)c1.Cl. The number of methoxy groups -OCH3 is 1. The lowest BCUT2D eigenvalue weighted by Gasteiger charge is -2.08. The molecule has 1 aromatic carbocycles. The van der Waals surface area contributed by atoms with Gasteiger partial charge in [-0.1, -0.05) is 24.3 Å². The minimum Gasteiger partial charge on any atom is -0.380 e. The van der Waals surface area contributed by atoms with E-state index in [1.165, 1.54) is 0 Å². The van der Waals surface area contributed by atoms with E-state index < -0.39 is 0 Å². The summed E-state index contributed by atoms with van der Waals surface area (Å²) < 4.78 is 5.07. The van der Waals surface area contributed by atoms with Crippen molar-refractivity contribution >= 4 is 18.3 Å². The highest BCUT2D eigenvalue weighted by Gasteiger charge is 2.03. The highest BCUT2D eigenvalue weighted by Crippen LogP contribution is 2.06. The van der Waals surface area contributed by atoms with E-state index in [9.17, 15) is 4.79 Å². The molecule has 108 valence electrons. The smallest absolute Gasteiger partial charge is 0.220 e. The Morgan fingerprint density at radius 3 is 2.74 bits per heavy atom. The van der Waals surface area contributed by atoms with Crippen molar-refractivity contribution in [1.82, 2.24) is 5.32 Å². The highest BCUT2D eigenvalue weighted by molar-refractivity contribution is 5.85. The van der Waals surface area contributed by atoms with Crippen LogP contribution in [0.3, 0.4) is 0 Å². The van der Waals surface area contributed by atoms with Crippen molar-refractivity contribution in [2.75, 3.05) is 7.11 Å². The van der Waals surface area contributed by atoms with Crippen molar-refractivity contribution in [1.29, 1.82) is 0 Å². The molecular formula is C14H23ClN2O2. The molecule has 1 aromatic rings. The van der Waals surface area contributed by atoms with Gasteiger partial charge >= 0.3 is 0 Å². The highest BCUT2D eigenvalue weighted by atomic mass is 35.5. The first-order valence-corrected chi connectivity index (χ1v) is 6.21. The van der Waals surface area contributed by atoms with Gasteiger partial charge in [0.05, 0.1) is 6.61 Å². The zero-order chi connectivity index (χ0) is 13.4. The molecular weight excluding hydrogens is 264 g/mol. The number of carbonyl (C=O) groups is 1. The van der Waals surface area contributed by atoms with E-state index in [4.69, 9.17) is 10.5 Å². The van der Waals surface area contributed by atoms with Crippen LogP contribution in [0.25, 0.3) is 0 Å². The van der Waals surface area contributed by atoms with E-state index in [-0.39, 0.29) is 24.4 Å². The molecule has 5 heteroatoms. The maximum atomic E-state index is 11.5. The van der Waals surface area contributed by atoms with E-state index in [1.54, 1.807) is 7.11 Å². The van der Waals surface area contributed by atoms with Crippen LogP contribution < -0.4 is 11.1 Å². The summed E-state index contributed by atoms with van der Waals surface area (Å²) in [7, 11) is 1.67. The van der Waals surface area contributed by atoms with Crippen LogP contribution in [0.15, 0.2) is 24.3 Å². The zero-order valence-corrected chi connectivity index (χ0v) is 12.3. The van der Waals surface area contributed by atoms with E-state index >= 15 is 0 Å². The largest absolute Gasteiger partial charge is 0.380 e. The summed E-state index contributed by atoms with van der Waals surface area (Å²) in [6, 6.07) is 8.07. The van der Waals surface area contributed by atoms with Gasteiger partial charge in [-0.3, -0.25) is 4.79 Å². The van der Waals surface area contributed by atoms with Gasteiger partial charge in [0.25, 0.3) is 0 Å². The molecule has 3 N–H and O–H groups in total. The van der Waals surface area contributed by atoms with Crippen LogP contribution >= 0.6 is 12.4 Å². The molecule has 0 aliphatic heterocycles. The van der Waals surface area contributed by atoms with Crippen LogP contribution in [0.1, 0.15) is 30.9 Å². The third-order valence-electron chi connectivity index (χ3n) is 2.62. The number of benzene rings is 1. The Bertz CT molecular complexity index is 383. The number of carbonyl (C=O) groups excluding carboxylic acids is 1. The van der Waals surface area contributed by atoms with Crippen molar-refractivity contribution in [2.24, 2.45) is 5.73 Å². The molecule has 0 spiro atoms. The third-order valence-corrected chi connectivity index (χ3v) is 2.62. The van der Waals surface area contributed by atoms with Crippen LogP contribution in [0.2, 0.25) is 0 Å².